The van der Waals surface area contributed by atoms with Crippen LogP contribution in [0.5, 0.6) is 0 Å². The van der Waals surface area contributed by atoms with Crippen molar-refractivity contribution in [3.8, 4) is 0 Å². The molecule has 0 saturated carbocycles. The molecule has 0 aliphatic rings. The van der Waals surface area contributed by atoms with Crippen molar-refractivity contribution in [3.05, 3.63) is 0 Å². The van der Waals surface area contributed by atoms with Gasteiger partial charge in [0.2, 0.25) is 0 Å². The first-order valence-electron chi connectivity index (χ1n) is 1.11. The quantitative estimate of drug-likeness (QED) is 0.269. The minimum absolute atomic E-state index is 0. The van der Waals surface area contributed by atoms with Gasteiger partial charge in [-0.25, -0.2) is 9.59 Å². The first-order chi connectivity index (χ1) is 2.64. The molecular formula is C2H4KNaO4. The van der Waals surface area contributed by atoms with Crippen molar-refractivity contribution >= 4 is 11.9 Å². The van der Waals surface area contributed by atoms with Crippen LogP contribution in [0.4, 0.5) is 0 Å². The van der Waals surface area contributed by atoms with E-state index in [9.17, 15) is 0 Å². The minimum atomic E-state index is -1.82. The van der Waals surface area contributed by atoms with Gasteiger partial charge in [0.1, 0.15) is 0 Å². The van der Waals surface area contributed by atoms with E-state index in [-0.39, 0.29) is 83.8 Å². The molecule has 0 amide bonds. The molecule has 8 heavy (non-hydrogen) atoms. The normalized spacial score (nSPS) is 5.50. The zero-order valence-corrected chi connectivity index (χ0v) is 9.83. The summed E-state index contributed by atoms with van der Waals surface area (Å²) >= 11 is 0. The summed E-state index contributed by atoms with van der Waals surface area (Å²) in [4.78, 5) is 18.2. The van der Waals surface area contributed by atoms with Gasteiger partial charge in [0.05, 0.1) is 0 Å². The third kappa shape index (κ3) is 10.5. The second-order valence-electron chi connectivity index (χ2n) is 0.610. The summed E-state index contributed by atoms with van der Waals surface area (Å²) in [6.07, 6.45) is 0. The topological polar surface area (TPSA) is 74.6 Å². The van der Waals surface area contributed by atoms with E-state index >= 15 is 0 Å². The van der Waals surface area contributed by atoms with Crippen LogP contribution in [-0.4, -0.2) is 22.2 Å². The fraction of sp³-hybridized carbons (Fsp3) is 0. The van der Waals surface area contributed by atoms with Crippen LogP contribution in [0.25, 0.3) is 0 Å². The van der Waals surface area contributed by atoms with E-state index in [0.29, 0.717) is 0 Å². The molecule has 2 N–H and O–H groups in total. The molecule has 0 aliphatic heterocycles. The number of carboxylic acids is 2. The minimum Gasteiger partial charge on any atom is -1.00 e. The molecule has 0 unspecified atom stereocenters. The molecule has 6 heteroatoms. The second kappa shape index (κ2) is 8.58. The summed E-state index contributed by atoms with van der Waals surface area (Å²) in [5.41, 5.74) is 0. The molecule has 0 bridgehead atoms. The van der Waals surface area contributed by atoms with E-state index in [1.54, 1.807) is 0 Å². The van der Waals surface area contributed by atoms with Crippen molar-refractivity contribution in [3.63, 3.8) is 0 Å². The van der Waals surface area contributed by atoms with Crippen molar-refractivity contribution in [1.82, 2.24) is 0 Å². The predicted molar refractivity (Wildman–Crippen MR) is 17.5 cm³/mol. The van der Waals surface area contributed by atoms with Crippen LogP contribution in [0, 0.1) is 0 Å². The molecule has 0 aromatic rings. The fourth-order valence-corrected chi connectivity index (χ4v) is 0. The van der Waals surface area contributed by atoms with Crippen LogP contribution in [0.3, 0.4) is 0 Å². The average molecular weight is 154 g/mol. The van der Waals surface area contributed by atoms with Gasteiger partial charge < -0.3 is 13.1 Å². The van der Waals surface area contributed by atoms with Gasteiger partial charge in [-0.2, -0.15) is 0 Å². The molecule has 4 nitrogen and oxygen atoms in total. The van der Waals surface area contributed by atoms with Crippen molar-refractivity contribution < 1.29 is 104 Å². The van der Waals surface area contributed by atoms with Gasteiger partial charge in [0, 0.05) is 0 Å². The monoisotopic (exact) mass is 154 g/mol. The largest absolute Gasteiger partial charge is 1.00 e. The Morgan fingerprint density at radius 1 is 1.12 bits per heavy atom. The fourth-order valence-electron chi connectivity index (χ4n) is 0. The van der Waals surface area contributed by atoms with Gasteiger partial charge in [-0.05, 0) is 0 Å². The SMILES string of the molecule is O=C(O)C(=O)O.[H-].[H-].[K+].[Na+]. The van der Waals surface area contributed by atoms with Crippen LogP contribution in [0.15, 0.2) is 0 Å². The molecular weight excluding hydrogens is 150 g/mol. The maximum Gasteiger partial charge on any atom is 1.00 e. The Morgan fingerprint density at radius 3 is 1.25 bits per heavy atom. The summed E-state index contributed by atoms with van der Waals surface area (Å²) in [7, 11) is 0. The standard InChI is InChI=1S/C2H2O4.K.Na.2H/c3-1(4)2(5)6;;;;/h(H,3,4)(H,5,6);;;;/q;2*+1;2*-1. The summed E-state index contributed by atoms with van der Waals surface area (Å²) < 4.78 is 0. The van der Waals surface area contributed by atoms with E-state index in [1.807, 2.05) is 0 Å². The first kappa shape index (κ1) is 16.3. The average Bonchev–Trinajstić information content (AvgIpc) is 1.36. The van der Waals surface area contributed by atoms with Crippen LogP contribution in [0.1, 0.15) is 2.85 Å². The maximum atomic E-state index is 9.10. The van der Waals surface area contributed by atoms with E-state index < -0.39 is 11.9 Å². The van der Waals surface area contributed by atoms with Gasteiger partial charge in [0.25, 0.3) is 0 Å². The van der Waals surface area contributed by atoms with Crippen LogP contribution >= 0.6 is 0 Å². The molecule has 0 aromatic carbocycles. The molecule has 0 aliphatic carbocycles. The zero-order valence-electron chi connectivity index (χ0n) is 6.71. The summed E-state index contributed by atoms with van der Waals surface area (Å²) in [5, 5.41) is 14.8. The molecule has 0 saturated heterocycles. The number of aliphatic carboxylic acids is 2. The van der Waals surface area contributed by atoms with Crippen molar-refractivity contribution in [2.45, 2.75) is 0 Å². The molecule has 0 heterocycles. The van der Waals surface area contributed by atoms with Crippen molar-refractivity contribution in [2.75, 3.05) is 0 Å². The van der Waals surface area contributed by atoms with Gasteiger partial charge in [0.15, 0.2) is 0 Å². The molecule has 38 valence electrons. The van der Waals surface area contributed by atoms with Crippen LogP contribution < -0.4 is 80.9 Å². The molecule has 0 radical (unpaired) electrons. The Bertz CT molecular complexity index is 87.3. The maximum absolute atomic E-state index is 9.10. The number of carboxylic acid groups (broad SMARTS) is 2. The second-order valence-corrected chi connectivity index (χ2v) is 0.610. The first-order valence-corrected chi connectivity index (χ1v) is 1.11. The number of hydrogen-bond donors (Lipinski definition) is 2. The van der Waals surface area contributed by atoms with Gasteiger partial charge in [-0.3, -0.25) is 0 Å². The molecule has 0 rings (SSSR count). The zero-order chi connectivity index (χ0) is 5.15. The Labute approximate surface area is 113 Å². The Balaban J connectivity index is -0.0000000208. The van der Waals surface area contributed by atoms with Crippen molar-refractivity contribution in [2.24, 2.45) is 0 Å². The van der Waals surface area contributed by atoms with Gasteiger partial charge >= 0.3 is 92.9 Å². The van der Waals surface area contributed by atoms with Gasteiger partial charge in [-0.15, -0.1) is 0 Å². The molecule has 0 fully saturated rings. The van der Waals surface area contributed by atoms with E-state index in [0.717, 1.165) is 0 Å². The summed E-state index contributed by atoms with van der Waals surface area (Å²) in [6.45, 7) is 0. The Morgan fingerprint density at radius 2 is 1.25 bits per heavy atom. The number of carbonyl (C=O) groups is 2. The Kier molecular flexibility index (Phi) is 17.5. The van der Waals surface area contributed by atoms with E-state index in [2.05, 4.69) is 0 Å². The predicted octanol–water partition coefficient (Wildman–Crippen LogP) is -6.61. The third-order valence-corrected chi connectivity index (χ3v) is 0.183. The van der Waals surface area contributed by atoms with Crippen LogP contribution in [-0.2, 0) is 9.59 Å². The van der Waals surface area contributed by atoms with E-state index in [1.165, 1.54) is 0 Å². The smallest absolute Gasteiger partial charge is 1.00 e. The summed E-state index contributed by atoms with van der Waals surface area (Å²) in [5.74, 6) is -3.65. The van der Waals surface area contributed by atoms with Crippen molar-refractivity contribution in [1.29, 1.82) is 0 Å². The summed E-state index contributed by atoms with van der Waals surface area (Å²) in [6, 6.07) is 0. The Hall–Kier alpha value is 1.58. The number of hydrogen-bond acceptors (Lipinski definition) is 2. The number of rotatable bonds is 0. The van der Waals surface area contributed by atoms with Crippen LogP contribution in [0.2, 0.25) is 0 Å². The molecule has 0 aromatic heterocycles. The third-order valence-electron chi connectivity index (χ3n) is 0.183. The molecule has 0 atom stereocenters. The van der Waals surface area contributed by atoms with E-state index in [4.69, 9.17) is 19.8 Å². The van der Waals surface area contributed by atoms with Gasteiger partial charge in [-0.1, -0.05) is 0 Å². The molecule has 0 spiro atoms.